The SMILES string of the molecule is CCCC=CC1CCC(C2COC(C3COC(CC=C(F)F)OC3)OC2)CC1. The van der Waals surface area contributed by atoms with Crippen molar-refractivity contribution in [2.75, 3.05) is 26.4 Å². The van der Waals surface area contributed by atoms with Crippen LogP contribution in [0.1, 0.15) is 51.9 Å². The van der Waals surface area contributed by atoms with E-state index in [9.17, 15) is 8.78 Å². The van der Waals surface area contributed by atoms with Crippen molar-refractivity contribution in [3.8, 4) is 0 Å². The third kappa shape index (κ3) is 6.61. The van der Waals surface area contributed by atoms with Gasteiger partial charge in [-0.2, -0.15) is 8.78 Å². The van der Waals surface area contributed by atoms with E-state index in [0.29, 0.717) is 25.0 Å². The molecule has 160 valence electrons. The Kier molecular flexibility index (Phi) is 8.90. The zero-order chi connectivity index (χ0) is 19.8. The zero-order valence-electron chi connectivity index (χ0n) is 16.9. The Balaban J connectivity index is 1.34. The minimum atomic E-state index is -1.70. The van der Waals surface area contributed by atoms with Gasteiger partial charge in [-0.1, -0.05) is 25.5 Å². The monoisotopic (exact) mass is 400 g/mol. The van der Waals surface area contributed by atoms with Crippen LogP contribution in [-0.2, 0) is 18.9 Å². The highest BCUT2D eigenvalue weighted by Gasteiger charge is 2.36. The molecule has 0 spiro atoms. The molecule has 0 aromatic rings. The van der Waals surface area contributed by atoms with Crippen molar-refractivity contribution >= 4 is 0 Å². The van der Waals surface area contributed by atoms with Gasteiger partial charge in [0, 0.05) is 12.3 Å². The Morgan fingerprint density at radius 1 is 0.857 bits per heavy atom. The molecule has 28 heavy (non-hydrogen) atoms. The predicted octanol–water partition coefficient (Wildman–Crippen LogP) is 5.30. The maximum absolute atomic E-state index is 12.1. The van der Waals surface area contributed by atoms with Gasteiger partial charge in [-0.15, -0.1) is 0 Å². The van der Waals surface area contributed by atoms with Crippen molar-refractivity contribution < 1.29 is 27.7 Å². The molecule has 0 radical (unpaired) electrons. The van der Waals surface area contributed by atoms with E-state index in [2.05, 4.69) is 19.1 Å². The first-order valence-electron chi connectivity index (χ1n) is 10.8. The molecule has 0 aromatic carbocycles. The summed E-state index contributed by atoms with van der Waals surface area (Å²) in [6, 6.07) is 0. The van der Waals surface area contributed by atoms with Gasteiger partial charge in [-0.25, -0.2) is 0 Å². The fourth-order valence-electron chi connectivity index (χ4n) is 4.38. The highest BCUT2D eigenvalue weighted by Crippen LogP contribution is 2.36. The Morgan fingerprint density at radius 3 is 2.11 bits per heavy atom. The lowest BCUT2D eigenvalue weighted by Gasteiger charge is -2.40. The van der Waals surface area contributed by atoms with Crippen LogP contribution in [0.5, 0.6) is 0 Å². The highest BCUT2D eigenvalue weighted by molar-refractivity contribution is 4.92. The van der Waals surface area contributed by atoms with Gasteiger partial charge in [-0.05, 0) is 50.0 Å². The summed E-state index contributed by atoms with van der Waals surface area (Å²) in [4.78, 5) is 0. The van der Waals surface area contributed by atoms with Crippen LogP contribution in [0.3, 0.4) is 0 Å². The molecule has 3 aliphatic rings. The normalized spacial score (nSPS) is 37.1. The van der Waals surface area contributed by atoms with E-state index in [-0.39, 0.29) is 18.6 Å². The van der Waals surface area contributed by atoms with E-state index < -0.39 is 12.4 Å². The van der Waals surface area contributed by atoms with E-state index in [1.165, 1.54) is 38.5 Å². The van der Waals surface area contributed by atoms with E-state index in [1.54, 1.807) is 0 Å². The number of allylic oxidation sites excluding steroid dienone is 2. The van der Waals surface area contributed by atoms with Crippen molar-refractivity contribution in [2.24, 2.45) is 23.7 Å². The topological polar surface area (TPSA) is 36.9 Å². The molecule has 0 unspecified atom stereocenters. The number of ether oxygens (including phenoxy) is 4. The third-order valence-corrected chi connectivity index (χ3v) is 6.14. The Labute approximate surface area is 167 Å². The molecule has 0 atom stereocenters. The maximum Gasteiger partial charge on any atom is 0.266 e. The summed E-state index contributed by atoms with van der Waals surface area (Å²) in [5, 5.41) is 0. The third-order valence-electron chi connectivity index (χ3n) is 6.14. The minimum Gasteiger partial charge on any atom is -0.352 e. The molecular weight excluding hydrogens is 366 g/mol. The molecule has 0 aromatic heterocycles. The Morgan fingerprint density at radius 2 is 1.50 bits per heavy atom. The first-order valence-corrected chi connectivity index (χ1v) is 10.8. The van der Waals surface area contributed by atoms with Crippen molar-refractivity contribution in [1.82, 2.24) is 0 Å². The van der Waals surface area contributed by atoms with Crippen LogP contribution in [-0.4, -0.2) is 39.0 Å². The molecule has 4 nitrogen and oxygen atoms in total. The molecule has 0 amide bonds. The van der Waals surface area contributed by atoms with Gasteiger partial charge in [0.15, 0.2) is 12.6 Å². The standard InChI is InChI=1S/C22H34F2O4/c1-2-3-4-5-16-6-8-17(9-7-16)18-12-27-22(28-13-18)19-14-25-21(26-15-19)11-10-20(23)24/h4-5,10,16-19,21-22H,2-3,6-9,11-15H2,1H3. The minimum absolute atomic E-state index is 0.00385. The summed E-state index contributed by atoms with van der Waals surface area (Å²) >= 11 is 0. The lowest BCUT2D eigenvalue weighted by Crippen LogP contribution is -2.46. The molecule has 2 aliphatic heterocycles. The number of rotatable bonds is 7. The molecule has 3 rings (SSSR count). The van der Waals surface area contributed by atoms with Crippen molar-refractivity contribution in [3.05, 3.63) is 24.3 Å². The first kappa shape index (κ1) is 21.9. The smallest absolute Gasteiger partial charge is 0.266 e. The van der Waals surface area contributed by atoms with E-state index in [4.69, 9.17) is 18.9 Å². The van der Waals surface area contributed by atoms with E-state index in [1.807, 2.05) is 0 Å². The van der Waals surface area contributed by atoms with E-state index >= 15 is 0 Å². The maximum atomic E-state index is 12.1. The van der Waals surface area contributed by atoms with Gasteiger partial charge in [0.1, 0.15) is 0 Å². The quantitative estimate of drug-likeness (QED) is 0.544. The van der Waals surface area contributed by atoms with Gasteiger partial charge in [0.05, 0.1) is 32.3 Å². The molecular formula is C22H34F2O4. The fraction of sp³-hybridized carbons (Fsp3) is 0.818. The lowest BCUT2D eigenvalue weighted by molar-refractivity contribution is -0.283. The van der Waals surface area contributed by atoms with Crippen LogP contribution in [0, 0.1) is 23.7 Å². The lowest BCUT2D eigenvalue weighted by atomic mass is 9.76. The summed E-state index contributed by atoms with van der Waals surface area (Å²) in [6.45, 7) is 4.49. The van der Waals surface area contributed by atoms with Gasteiger partial charge < -0.3 is 18.9 Å². The van der Waals surface area contributed by atoms with E-state index in [0.717, 1.165) is 25.2 Å². The van der Waals surface area contributed by atoms with Crippen LogP contribution in [0.15, 0.2) is 24.3 Å². The second kappa shape index (κ2) is 11.4. The summed E-state index contributed by atoms with van der Waals surface area (Å²) < 4.78 is 47.3. The van der Waals surface area contributed by atoms with Crippen LogP contribution in [0.4, 0.5) is 8.78 Å². The summed E-state index contributed by atoms with van der Waals surface area (Å²) in [7, 11) is 0. The number of hydrogen-bond donors (Lipinski definition) is 0. The second-order valence-electron chi connectivity index (χ2n) is 8.27. The van der Waals surface area contributed by atoms with Crippen LogP contribution >= 0.6 is 0 Å². The van der Waals surface area contributed by atoms with Crippen LogP contribution in [0.25, 0.3) is 0 Å². The number of hydrogen-bond acceptors (Lipinski definition) is 4. The second-order valence-corrected chi connectivity index (χ2v) is 8.27. The van der Waals surface area contributed by atoms with Gasteiger partial charge >= 0.3 is 0 Å². The molecule has 3 fully saturated rings. The largest absolute Gasteiger partial charge is 0.352 e. The Bertz CT molecular complexity index is 497. The average molecular weight is 401 g/mol. The molecule has 0 bridgehead atoms. The van der Waals surface area contributed by atoms with Gasteiger partial charge in [0.25, 0.3) is 6.08 Å². The van der Waals surface area contributed by atoms with Gasteiger partial charge in [-0.3, -0.25) is 0 Å². The molecule has 0 N–H and O–H groups in total. The van der Waals surface area contributed by atoms with Crippen LogP contribution < -0.4 is 0 Å². The summed E-state index contributed by atoms with van der Waals surface area (Å²) in [5.74, 6) is 1.89. The highest BCUT2D eigenvalue weighted by atomic mass is 19.3. The Hall–Kier alpha value is -0.820. The first-order chi connectivity index (χ1) is 13.7. The molecule has 1 aliphatic carbocycles. The van der Waals surface area contributed by atoms with Gasteiger partial charge in [0.2, 0.25) is 0 Å². The molecule has 1 saturated carbocycles. The fourth-order valence-corrected chi connectivity index (χ4v) is 4.38. The van der Waals surface area contributed by atoms with Crippen molar-refractivity contribution in [1.29, 1.82) is 0 Å². The zero-order valence-corrected chi connectivity index (χ0v) is 16.9. The van der Waals surface area contributed by atoms with Crippen LogP contribution in [0.2, 0.25) is 0 Å². The predicted molar refractivity (Wildman–Crippen MR) is 103 cm³/mol. The number of unbranched alkanes of at least 4 members (excludes halogenated alkanes) is 1. The molecule has 2 heterocycles. The van der Waals surface area contributed by atoms with Crippen molar-refractivity contribution in [2.45, 2.75) is 64.4 Å². The molecule has 2 saturated heterocycles. The molecule has 6 heteroatoms. The number of halogens is 2. The van der Waals surface area contributed by atoms with Crippen molar-refractivity contribution in [3.63, 3.8) is 0 Å². The summed E-state index contributed by atoms with van der Waals surface area (Å²) in [6.07, 6.45) is 10.5. The summed E-state index contributed by atoms with van der Waals surface area (Å²) in [5.41, 5.74) is 0. The average Bonchev–Trinajstić information content (AvgIpc) is 2.73.